The third-order valence-electron chi connectivity index (χ3n) is 3.40. The highest BCUT2D eigenvalue weighted by atomic mass is 16.1. The van der Waals surface area contributed by atoms with Gasteiger partial charge in [0.25, 0.3) is 0 Å². The summed E-state index contributed by atoms with van der Waals surface area (Å²) in [6.07, 6.45) is 2.10. The van der Waals surface area contributed by atoms with E-state index in [9.17, 15) is 4.79 Å². The average molecular weight is 213 g/mol. The molecular weight excluding hydrogens is 186 g/mol. The molecule has 0 spiro atoms. The number of nitrogens with zero attached hydrogens (tertiary/aromatic N) is 1. The molecule has 0 aliphatic carbocycles. The van der Waals surface area contributed by atoms with Crippen molar-refractivity contribution in [3.05, 3.63) is 0 Å². The lowest BCUT2D eigenvalue weighted by Gasteiger charge is -2.31. The van der Waals surface area contributed by atoms with Crippen molar-refractivity contribution in [3.63, 3.8) is 0 Å². The molecule has 0 heterocycles. The zero-order chi connectivity index (χ0) is 12.1. The van der Waals surface area contributed by atoms with E-state index >= 15 is 0 Å². The van der Waals surface area contributed by atoms with Crippen LogP contribution in [0.1, 0.15) is 48.0 Å². The molecular formula is C13H27NO. The van der Waals surface area contributed by atoms with Gasteiger partial charge in [-0.3, -0.25) is 4.79 Å². The minimum atomic E-state index is 0.234. The second-order valence-corrected chi connectivity index (χ2v) is 5.77. The normalized spacial score (nSPS) is 14.1. The van der Waals surface area contributed by atoms with E-state index in [0.29, 0.717) is 11.8 Å². The summed E-state index contributed by atoms with van der Waals surface area (Å²) in [7, 11) is 0. The summed E-state index contributed by atoms with van der Waals surface area (Å²) in [4.78, 5) is 12.9. The lowest BCUT2D eigenvalue weighted by molar-refractivity contribution is -0.120. The minimum Gasteiger partial charge on any atom is -0.344 e. The molecule has 0 bridgehead atoms. The molecule has 0 aromatic carbocycles. The molecule has 0 N–H and O–H groups in total. The van der Waals surface area contributed by atoms with E-state index in [1.54, 1.807) is 0 Å². The summed E-state index contributed by atoms with van der Waals surface area (Å²) < 4.78 is 0. The molecule has 15 heavy (non-hydrogen) atoms. The Bertz CT molecular complexity index is 187. The summed E-state index contributed by atoms with van der Waals surface area (Å²) in [5, 5.41) is 0. The highest BCUT2D eigenvalue weighted by Crippen LogP contribution is 2.21. The SMILES string of the molecule is CCC(C)(C)CN(C=O)CC(C)C(C)C. The predicted octanol–water partition coefficient (Wildman–Crippen LogP) is 3.17. The van der Waals surface area contributed by atoms with Crippen LogP contribution in [-0.4, -0.2) is 24.4 Å². The van der Waals surface area contributed by atoms with Crippen LogP contribution in [0.3, 0.4) is 0 Å². The summed E-state index contributed by atoms with van der Waals surface area (Å²) in [5.41, 5.74) is 0.234. The third kappa shape index (κ3) is 5.81. The smallest absolute Gasteiger partial charge is 0.209 e. The summed E-state index contributed by atoms with van der Waals surface area (Å²) in [6, 6.07) is 0. The van der Waals surface area contributed by atoms with E-state index in [2.05, 4.69) is 41.5 Å². The Hall–Kier alpha value is -0.530. The van der Waals surface area contributed by atoms with E-state index in [1.807, 2.05) is 4.90 Å². The van der Waals surface area contributed by atoms with Crippen LogP contribution >= 0.6 is 0 Å². The third-order valence-corrected chi connectivity index (χ3v) is 3.40. The van der Waals surface area contributed by atoms with E-state index in [0.717, 1.165) is 25.9 Å². The largest absolute Gasteiger partial charge is 0.344 e. The van der Waals surface area contributed by atoms with Crippen LogP contribution in [0.15, 0.2) is 0 Å². The van der Waals surface area contributed by atoms with Gasteiger partial charge in [-0.15, -0.1) is 0 Å². The van der Waals surface area contributed by atoms with Crippen molar-refractivity contribution < 1.29 is 4.79 Å². The number of carbonyl (C=O) groups excluding carboxylic acids is 1. The molecule has 1 unspecified atom stereocenters. The topological polar surface area (TPSA) is 20.3 Å². The Morgan fingerprint density at radius 3 is 2.13 bits per heavy atom. The lowest BCUT2D eigenvalue weighted by Crippen LogP contribution is -2.36. The van der Waals surface area contributed by atoms with Crippen LogP contribution in [0.25, 0.3) is 0 Å². The first-order valence-electron chi connectivity index (χ1n) is 6.01. The Labute approximate surface area is 95.0 Å². The summed E-state index contributed by atoms with van der Waals surface area (Å²) in [6.45, 7) is 15.0. The monoisotopic (exact) mass is 213 g/mol. The fraction of sp³-hybridized carbons (Fsp3) is 0.923. The van der Waals surface area contributed by atoms with E-state index < -0.39 is 0 Å². The second kappa shape index (κ2) is 6.14. The van der Waals surface area contributed by atoms with Crippen molar-refractivity contribution in [2.24, 2.45) is 17.3 Å². The van der Waals surface area contributed by atoms with Crippen LogP contribution in [0.2, 0.25) is 0 Å². The predicted molar refractivity (Wildman–Crippen MR) is 65.7 cm³/mol. The van der Waals surface area contributed by atoms with Gasteiger partial charge < -0.3 is 4.90 Å². The summed E-state index contributed by atoms with van der Waals surface area (Å²) >= 11 is 0. The zero-order valence-corrected chi connectivity index (χ0v) is 11.2. The lowest BCUT2D eigenvalue weighted by atomic mass is 9.89. The van der Waals surface area contributed by atoms with Gasteiger partial charge in [0.2, 0.25) is 6.41 Å². The molecule has 0 aliphatic heterocycles. The molecule has 0 aliphatic rings. The first-order valence-corrected chi connectivity index (χ1v) is 6.01. The van der Waals surface area contributed by atoms with Crippen molar-refractivity contribution in [1.82, 2.24) is 4.90 Å². The minimum absolute atomic E-state index is 0.234. The van der Waals surface area contributed by atoms with Crippen LogP contribution in [-0.2, 0) is 4.79 Å². The number of hydrogen-bond donors (Lipinski definition) is 0. The fourth-order valence-corrected chi connectivity index (χ4v) is 1.39. The molecule has 0 radical (unpaired) electrons. The molecule has 0 saturated carbocycles. The van der Waals surface area contributed by atoms with Gasteiger partial charge in [0, 0.05) is 13.1 Å². The molecule has 90 valence electrons. The van der Waals surface area contributed by atoms with Gasteiger partial charge in [-0.1, -0.05) is 41.5 Å². The standard InChI is InChI=1S/C13H27NO/c1-7-13(5,6)9-14(10-15)8-12(4)11(2)3/h10-12H,7-9H2,1-6H3. The van der Waals surface area contributed by atoms with Crippen molar-refractivity contribution in [3.8, 4) is 0 Å². The number of hydrogen-bond acceptors (Lipinski definition) is 1. The second-order valence-electron chi connectivity index (χ2n) is 5.77. The number of rotatable bonds is 7. The molecule has 0 aromatic rings. The fourth-order valence-electron chi connectivity index (χ4n) is 1.39. The Morgan fingerprint density at radius 1 is 1.27 bits per heavy atom. The molecule has 0 saturated heterocycles. The molecule has 1 amide bonds. The van der Waals surface area contributed by atoms with E-state index in [1.165, 1.54) is 0 Å². The summed E-state index contributed by atoms with van der Waals surface area (Å²) in [5.74, 6) is 1.21. The molecule has 0 rings (SSSR count). The Balaban J connectivity index is 4.20. The Morgan fingerprint density at radius 2 is 1.80 bits per heavy atom. The van der Waals surface area contributed by atoms with Crippen LogP contribution in [0, 0.1) is 17.3 Å². The average Bonchev–Trinajstić information content (AvgIpc) is 2.16. The van der Waals surface area contributed by atoms with E-state index in [-0.39, 0.29) is 5.41 Å². The number of carbonyl (C=O) groups is 1. The molecule has 1 atom stereocenters. The van der Waals surface area contributed by atoms with Crippen molar-refractivity contribution in [1.29, 1.82) is 0 Å². The molecule has 0 aromatic heterocycles. The van der Waals surface area contributed by atoms with Gasteiger partial charge in [0.15, 0.2) is 0 Å². The molecule has 2 heteroatoms. The van der Waals surface area contributed by atoms with Crippen molar-refractivity contribution in [2.75, 3.05) is 13.1 Å². The highest BCUT2D eigenvalue weighted by molar-refractivity contribution is 5.47. The highest BCUT2D eigenvalue weighted by Gasteiger charge is 2.20. The van der Waals surface area contributed by atoms with Crippen LogP contribution in [0.4, 0.5) is 0 Å². The maximum absolute atomic E-state index is 11.0. The quantitative estimate of drug-likeness (QED) is 0.595. The Kier molecular flexibility index (Phi) is 5.92. The van der Waals surface area contributed by atoms with Gasteiger partial charge in [-0.05, 0) is 23.7 Å². The van der Waals surface area contributed by atoms with Gasteiger partial charge in [0.1, 0.15) is 0 Å². The van der Waals surface area contributed by atoms with E-state index in [4.69, 9.17) is 0 Å². The van der Waals surface area contributed by atoms with Gasteiger partial charge in [0.05, 0.1) is 0 Å². The van der Waals surface area contributed by atoms with Crippen molar-refractivity contribution >= 4 is 6.41 Å². The van der Waals surface area contributed by atoms with Gasteiger partial charge in [-0.25, -0.2) is 0 Å². The maximum atomic E-state index is 11.0. The van der Waals surface area contributed by atoms with Crippen LogP contribution in [0.5, 0.6) is 0 Å². The first-order chi connectivity index (χ1) is 6.82. The molecule has 2 nitrogen and oxygen atoms in total. The van der Waals surface area contributed by atoms with Gasteiger partial charge >= 0.3 is 0 Å². The molecule has 0 fully saturated rings. The maximum Gasteiger partial charge on any atom is 0.209 e. The van der Waals surface area contributed by atoms with Crippen molar-refractivity contribution in [2.45, 2.75) is 48.0 Å². The first kappa shape index (κ1) is 14.5. The number of amides is 1. The zero-order valence-electron chi connectivity index (χ0n) is 11.2. The van der Waals surface area contributed by atoms with Gasteiger partial charge in [-0.2, -0.15) is 0 Å². The van der Waals surface area contributed by atoms with Crippen LogP contribution < -0.4 is 0 Å².